The number of benzene rings is 2. The third-order valence-corrected chi connectivity index (χ3v) is 4.33. The zero-order valence-electron chi connectivity index (χ0n) is 15.3. The van der Waals surface area contributed by atoms with Gasteiger partial charge in [0, 0.05) is 43.0 Å². The number of aromatic nitrogens is 2. The maximum Gasteiger partial charge on any atom is 0.129 e. The Balaban J connectivity index is 1.57. The summed E-state index contributed by atoms with van der Waals surface area (Å²) in [5.74, 6) is 1.61. The Kier molecular flexibility index (Phi) is 4.13. The van der Waals surface area contributed by atoms with E-state index in [1.54, 1.807) is 0 Å². The van der Waals surface area contributed by atoms with Crippen molar-refractivity contribution in [2.24, 2.45) is 0 Å². The highest BCUT2D eigenvalue weighted by Gasteiger charge is 2.11. The Hall–Kier alpha value is -3.21. The Bertz CT molecular complexity index is 960. The molecule has 4 rings (SSSR count). The molecule has 0 unspecified atom stereocenters. The lowest BCUT2D eigenvalue weighted by Gasteiger charge is -2.19. The summed E-state index contributed by atoms with van der Waals surface area (Å²) in [7, 11) is 2.06. The van der Waals surface area contributed by atoms with E-state index in [1.807, 2.05) is 48.0 Å². The maximum atomic E-state index is 6.11. The van der Waals surface area contributed by atoms with Crippen LogP contribution in [0.5, 0.6) is 11.5 Å². The third-order valence-electron chi connectivity index (χ3n) is 4.33. The first kappa shape index (κ1) is 16.3. The van der Waals surface area contributed by atoms with Gasteiger partial charge in [-0.15, -0.1) is 0 Å². The molecule has 2 aromatic carbocycles. The van der Waals surface area contributed by atoms with Gasteiger partial charge in [0.15, 0.2) is 0 Å². The maximum absolute atomic E-state index is 6.11. The SMILES string of the molecule is Cc1cc(C)n(-c2cccc(Oc3cccc(N4C=CN(C)C4)c3)c2)n1. The number of ether oxygens (including phenoxy) is 1. The van der Waals surface area contributed by atoms with E-state index in [2.05, 4.69) is 59.5 Å². The van der Waals surface area contributed by atoms with Crippen molar-refractivity contribution in [3.63, 3.8) is 0 Å². The zero-order chi connectivity index (χ0) is 18.1. The quantitative estimate of drug-likeness (QED) is 0.698. The standard InChI is InChI=1S/C21H22N4O/c1-16-12-17(2)25(22-16)19-7-5-9-21(14-19)26-20-8-4-6-18(13-20)24-11-10-23(3)15-24/h4-14H,15H2,1-3H3. The molecule has 26 heavy (non-hydrogen) atoms. The van der Waals surface area contributed by atoms with Crippen molar-refractivity contribution in [3.05, 3.63) is 78.4 Å². The molecule has 0 N–H and O–H groups in total. The van der Waals surface area contributed by atoms with Crippen molar-refractivity contribution >= 4 is 5.69 Å². The highest BCUT2D eigenvalue weighted by atomic mass is 16.5. The summed E-state index contributed by atoms with van der Waals surface area (Å²) < 4.78 is 8.04. The third kappa shape index (κ3) is 3.28. The van der Waals surface area contributed by atoms with Gasteiger partial charge in [-0.2, -0.15) is 5.10 Å². The average Bonchev–Trinajstić information content (AvgIpc) is 3.20. The van der Waals surface area contributed by atoms with E-state index in [9.17, 15) is 0 Å². The minimum atomic E-state index is 0.793. The van der Waals surface area contributed by atoms with Gasteiger partial charge in [-0.25, -0.2) is 4.68 Å². The topological polar surface area (TPSA) is 33.5 Å². The summed E-state index contributed by atoms with van der Waals surface area (Å²) in [6, 6.07) is 18.2. The molecule has 1 aromatic heterocycles. The van der Waals surface area contributed by atoms with Crippen LogP contribution in [-0.2, 0) is 0 Å². The number of hydrogen-bond donors (Lipinski definition) is 0. The lowest BCUT2D eigenvalue weighted by atomic mass is 10.2. The normalized spacial score (nSPS) is 13.5. The fourth-order valence-electron chi connectivity index (χ4n) is 3.13. The van der Waals surface area contributed by atoms with Crippen molar-refractivity contribution in [2.75, 3.05) is 18.6 Å². The van der Waals surface area contributed by atoms with Crippen LogP contribution >= 0.6 is 0 Å². The van der Waals surface area contributed by atoms with Crippen molar-refractivity contribution in [1.82, 2.24) is 14.7 Å². The molecular weight excluding hydrogens is 324 g/mol. The molecule has 5 heteroatoms. The predicted molar refractivity (Wildman–Crippen MR) is 104 cm³/mol. The average molecular weight is 346 g/mol. The van der Waals surface area contributed by atoms with Gasteiger partial charge in [-0.05, 0) is 44.2 Å². The molecule has 5 nitrogen and oxygen atoms in total. The van der Waals surface area contributed by atoms with Gasteiger partial charge in [0.25, 0.3) is 0 Å². The Morgan fingerprint density at radius 3 is 2.19 bits per heavy atom. The van der Waals surface area contributed by atoms with Crippen LogP contribution in [0, 0.1) is 13.8 Å². The molecule has 1 aliphatic rings. The molecule has 0 amide bonds. The molecule has 2 heterocycles. The zero-order valence-corrected chi connectivity index (χ0v) is 15.3. The second-order valence-corrected chi connectivity index (χ2v) is 6.60. The summed E-state index contributed by atoms with van der Waals surface area (Å²) in [6.07, 6.45) is 4.13. The molecule has 0 spiro atoms. The second-order valence-electron chi connectivity index (χ2n) is 6.60. The minimum Gasteiger partial charge on any atom is -0.457 e. The van der Waals surface area contributed by atoms with Gasteiger partial charge in [0.1, 0.15) is 11.5 Å². The molecule has 0 bridgehead atoms. The van der Waals surface area contributed by atoms with E-state index in [1.165, 1.54) is 0 Å². The first-order valence-electron chi connectivity index (χ1n) is 8.65. The van der Waals surface area contributed by atoms with E-state index >= 15 is 0 Å². The van der Waals surface area contributed by atoms with Crippen LogP contribution < -0.4 is 9.64 Å². The van der Waals surface area contributed by atoms with Gasteiger partial charge in [-0.3, -0.25) is 0 Å². The molecular formula is C21H22N4O. The summed E-state index contributed by atoms with van der Waals surface area (Å²) in [5, 5.41) is 4.54. The molecule has 0 aliphatic carbocycles. The molecule has 0 radical (unpaired) electrons. The van der Waals surface area contributed by atoms with Crippen molar-refractivity contribution in [1.29, 1.82) is 0 Å². The van der Waals surface area contributed by atoms with E-state index in [4.69, 9.17) is 4.74 Å². The summed E-state index contributed by atoms with van der Waals surface area (Å²) in [6.45, 7) is 4.90. The molecule has 0 saturated heterocycles. The van der Waals surface area contributed by atoms with Gasteiger partial charge in [-0.1, -0.05) is 12.1 Å². The van der Waals surface area contributed by atoms with Crippen molar-refractivity contribution < 1.29 is 4.74 Å². The van der Waals surface area contributed by atoms with Crippen LogP contribution in [0.15, 0.2) is 67.0 Å². The fourth-order valence-corrected chi connectivity index (χ4v) is 3.13. The summed E-state index contributed by atoms with van der Waals surface area (Å²) >= 11 is 0. The Morgan fingerprint density at radius 2 is 1.58 bits per heavy atom. The number of nitrogens with zero attached hydrogens (tertiary/aromatic N) is 4. The molecule has 0 atom stereocenters. The van der Waals surface area contributed by atoms with Crippen LogP contribution in [0.1, 0.15) is 11.4 Å². The van der Waals surface area contributed by atoms with Crippen molar-refractivity contribution in [3.8, 4) is 17.2 Å². The first-order valence-corrected chi connectivity index (χ1v) is 8.65. The first-order chi connectivity index (χ1) is 12.6. The molecule has 1 aliphatic heterocycles. The predicted octanol–water partition coefficient (Wildman–Crippen LogP) is 4.46. The van der Waals surface area contributed by atoms with E-state index < -0.39 is 0 Å². The van der Waals surface area contributed by atoms with Gasteiger partial charge in [0.2, 0.25) is 0 Å². The number of anilines is 1. The van der Waals surface area contributed by atoms with E-state index in [-0.39, 0.29) is 0 Å². The summed E-state index contributed by atoms with van der Waals surface area (Å²) in [5.41, 5.74) is 4.21. The summed E-state index contributed by atoms with van der Waals surface area (Å²) in [4.78, 5) is 4.31. The lowest BCUT2D eigenvalue weighted by Crippen LogP contribution is -2.21. The molecule has 132 valence electrons. The lowest BCUT2D eigenvalue weighted by molar-refractivity contribution is 0.480. The van der Waals surface area contributed by atoms with Crippen LogP contribution in [0.2, 0.25) is 0 Å². The molecule has 0 saturated carbocycles. The number of rotatable bonds is 4. The van der Waals surface area contributed by atoms with E-state index in [0.717, 1.165) is 40.9 Å². The largest absolute Gasteiger partial charge is 0.457 e. The smallest absolute Gasteiger partial charge is 0.129 e. The number of hydrogen-bond acceptors (Lipinski definition) is 4. The Morgan fingerprint density at radius 1 is 0.885 bits per heavy atom. The van der Waals surface area contributed by atoms with Crippen molar-refractivity contribution in [2.45, 2.75) is 13.8 Å². The highest BCUT2D eigenvalue weighted by molar-refractivity contribution is 5.54. The van der Waals surface area contributed by atoms with Crippen LogP contribution in [0.25, 0.3) is 5.69 Å². The fraction of sp³-hybridized carbons (Fsp3) is 0.190. The van der Waals surface area contributed by atoms with Crippen LogP contribution in [0.3, 0.4) is 0 Å². The minimum absolute atomic E-state index is 0.793. The number of aryl methyl sites for hydroxylation is 2. The van der Waals surface area contributed by atoms with E-state index in [0.29, 0.717) is 0 Å². The molecule has 0 fully saturated rings. The molecule has 3 aromatic rings. The second kappa shape index (κ2) is 6.59. The monoisotopic (exact) mass is 346 g/mol. The van der Waals surface area contributed by atoms with Gasteiger partial charge >= 0.3 is 0 Å². The van der Waals surface area contributed by atoms with Gasteiger partial charge in [0.05, 0.1) is 18.1 Å². The Labute approximate surface area is 153 Å². The van der Waals surface area contributed by atoms with Crippen LogP contribution in [0.4, 0.5) is 5.69 Å². The van der Waals surface area contributed by atoms with Crippen LogP contribution in [-0.4, -0.2) is 28.4 Å². The van der Waals surface area contributed by atoms with Gasteiger partial charge < -0.3 is 14.5 Å². The highest BCUT2D eigenvalue weighted by Crippen LogP contribution is 2.28.